The summed E-state index contributed by atoms with van der Waals surface area (Å²) in [6, 6.07) is 0. The van der Waals surface area contributed by atoms with Gasteiger partial charge in [-0.25, -0.2) is 14.0 Å². The van der Waals surface area contributed by atoms with Crippen molar-refractivity contribution in [2.45, 2.75) is 58.2 Å². The van der Waals surface area contributed by atoms with Crippen molar-refractivity contribution in [2.24, 2.45) is 0 Å². The maximum Gasteiger partial charge on any atom is 0.415 e. The second-order valence-electron chi connectivity index (χ2n) is 6.03. The van der Waals surface area contributed by atoms with Crippen LogP contribution in [0, 0.1) is 5.82 Å². The third kappa shape index (κ3) is 4.02. The highest BCUT2D eigenvalue weighted by Gasteiger charge is 2.42. The Morgan fingerprint density at radius 3 is 2.65 bits per heavy atom. The molecule has 0 radical (unpaired) electrons. The molecule has 2 N–H and O–H groups in total. The lowest BCUT2D eigenvalue weighted by Gasteiger charge is -2.22. The van der Waals surface area contributed by atoms with E-state index >= 15 is 0 Å². The molecule has 1 aromatic heterocycles. The van der Waals surface area contributed by atoms with Gasteiger partial charge in [-0.1, -0.05) is 13.3 Å². The summed E-state index contributed by atoms with van der Waals surface area (Å²) in [7, 11) is 0. The predicted molar refractivity (Wildman–Crippen MR) is 89.3 cm³/mol. The van der Waals surface area contributed by atoms with Crippen molar-refractivity contribution >= 4 is 11.9 Å². The number of anilines is 1. The van der Waals surface area contributed by atoms with Crippen molar-refractivity contribution in [3.8, 4) is 0 Å². The average molecular weight is 373 g/mol. The van der Waals surface area contributed by atoms with Gasteiger partial charge in [-0.05, 0) is 20.3 Å². The first-order valence-electron chi connectivity index (χ1n) is 8.56. The zero-order valence-electron chi connectivity index (χ0n) is 15.0. The summed E-state index contributed by atoms with van der Waals surface area (Å²) in [5.74, 6) is -1.42. The number of aromatic nitrogens is 2. The standard InChI is InChI=1S/C16H24FN3O6/c1-4-6-7-25-16(24)19(5-2)13-10(17)8-20(15(23)18-13)14-12(22)11(21)9(3)26-14/h8-9,11-12,14,21-22H,4-7H2,1-3H3/t9-,11-,12-,14-/m0/s1. The van der Waals surface area contributed by atoms with Crippen LogP contribution in [0.1, 0.15) is 39.8 Å². The van der Waals surface area contributed by atoms with Crippen LogP contribution in [0.3, 0.4) is 0 Å². The van der Waals surface area contributed by atoms with E-state index in [2.05, 4.69) is 4.98 Å². The number of nitrogens with zero attached hydrogens (tertiary/aromatic N) is 3. The highest BCUT2D eigenvalue weighted by atomic mass is 19.1. The molecule has 1 aliphatic heterocycles. The smallest absolute Gasteiger partial charge is 0.415 e. The van der Waals surface area contributed by atoms with Gasteiger partial charge >= 0.3 is 11.8 Å². The lowest BCUT2D eigenvalue weighted by atomic mass is 10.1. The largest absolute Gasteiger partial charge is 0.449 e. The van der Waals surface area contributed by atoms with E-state index in [1.54, 1.807) is 6.92 Å². The maximum absolute atomic E-state index is 14.5. The summed E-state index contributed by atoms with van der Waals surface area (Å²) >= 11 is 0. The van der Waals surface area contributed by atoms with Gasteiger partial charge in [0.05, 0.1) is 18.9 Å². The van der Waals surface area contributed by atoms with Crippen molar-refractivity contribution in [1.82, 2.24) is 9.55 Å². The molecule has 26 heavy (non-hydrogen) atoms. The fraction of sp³-hybridized carbons (Fsp3) is 0.688. The number of halogens is 1. The van der Waals surface area contributed by atoms with Gasteiger partial charge in [0.1, 0.15) is 12.2 Å². The summed E-state index contributed by atoms with van der Waals surface area (Å²) in [5, 5.41) is 19.7. The molecule has 0 spiro atoms. The first-order valence-corrected chi connectivity index (χ1v) is 8.56. The van der Waals surface area contributed by atoms with Gasteiger partial charge < -0.3 is 19.7 Å². The molecular formula is C16H24FN3O6. The first-order chi connectivity index (χ1) is 12.3. The molecule has 1 fully saturated rings. The van der Waals surface area contributed by atoms with E-state index in [0.717, 1.165) is 22.1 Å². The second-order valence-corrected chi connectivity index (χ2v) is 6.03. The minimum atomic E-state index is -1.41. The molecular weight excluding hydrogens is 349 g/mol. The molecule has 10 heteroatoms. The highest BCUT2D eigenvalue weighted by Crippen LogP contribution is 2.28. The third-order valence-corrected chi connectivity index (χ3v) is 4.16. The Morgan fingerprint density at radius 2 is 2.12 bits per heavy atom. The van der Waals surface area contributed by atoms with Gasteiger partial charge in [0.2, 0.25) is 0 Å². The van der Waals surface area contributed by atoms with Crippen molar-refractivity contribution in [3.05, 3.63) is 22.5 Å². The Kier molecular flexibility index (Phi) is 6.68. The van der Waals surface area contributed by atoms with Crippen molar-refractivity contribution in [3.63, 3.8) is 0 Å². The number of hydrogen-bond donors (Lipinski definition) is 2. The lowest BCUT2D eigenvalue weighted by Crippen LogP contribution is -2.39. The van der Waals surface area contributed by atoms with Crippen LogP contribution in [0.4, 0.5) is 15.0 Å². The molecule has 1 aliphatic rings. The number of ether oxygens (including phenoxy) is 2. The number of unbranched alkanes of at least 4 members (excludes halogenated alkanes) is 1. The van der Waals surface area contributed by atoms with Crippen molar-refractivity contribution < 1.29 is 28.9 Å². The third-order valence-electron chi connectivity index (χ3n) is 4.16. The van der Waals surface area contributed by atoms with Gasteiger partial charge in [0.25, 0.3) is 0 Å². The summed E-state index contributed by atoms with van der Waals surface area (Å²) in [6.07, 6.45) is -3.13. The van der Waals surface area contributed by atoms with E-state index in [9.17, 15) is 24.2 Å². The number of hydrogen-bond acceptors (Lipinski definition) is 7. The maximum atomic E-state index is 14.5. The minimum absolute atomic E-state index is 0.0522. The van der Waals surface area contributed by atoms with Crippen molar-refractivity contribution in [2.75, 3.05) is 18.1 Å². The van der Waals surface area contributed by atoms with E-state index in [-0.39, 0.29) is 13.2 Å². The Balaban J connectivity index is 2.28. The molecule has 1 aromatic rings. The monoisotopic (exact) mass is 373 g/mol. The molecule has 146 valence electrons. The number of rotatable bonds is 6. The number of carbonyl (C=O) groups excluding carboxylic acids is 1. The topological polar surface area (TPSA) is 114 Å². The molecule has 4 atom stereocenters. The van der Waals surface area contributed by atoms with E-state index < -0.39 is 48.0 Å². The summed E-state index contributed by atoms with van der Waals surface area (Å²) < 4.78 is 25.6. The van der Waals surface area contributed by atoms with Crippen LogP contribution in [0.5, 0.6) is 0 Å². The summed E-state index contributed by atoms with van der Waals surface area (Å²) in [6.45, 7) is 5.28. The van der Waals surface area contributed by atoms with E-state index in [0.29, 0.717) is 6.42 Å². The molecule has 2 rings (SSSR count). The quantitative estimate of drug-likeness (QED) is 0.709. The normalized spacial score (nSPS) is 25.3. The molecule has 0 aliphatic carbocycles. The number of amides is 1. The Morgan fingerprint density at radius 1 is 1.42 bits per heavy atom. The van der Waals surface area contributed by atoms with Crippen LogP contribution >= 0.6 is 0 Å². The van der Waals surface area contributed by atoms with Crippen LogP contribution in [0.15, 0.2) is 11.0 Å². The van der Waals surface area contributed by atoms with E-state index in [1.165, 1.54) is 6.92 Å². The molecule has 9 nitrogen and oxygen atoms in total. The Hall–Kier alpha value is -2.04. The summed E-state index contributed by atoms with van der Waals surface area (Å²) in [4.78, 5) is 28.9. The molecule has 0 saturated carbocycles. The summed E-state index contributed by atoms with van der Waals surface area (Å²) in [5.41, 5.74) is -0.924. The SMILES string of the molecule is CCCCOC(=O)N(CC)c1nc(=O)n([C@H]2O[C@@H](C)[C@H](O)[C@@H]2O)cc1F. The molecule has 0 unspecified atom stereocenters. The molecule has 1 amide bonds. The second kappa shape index (κ2) is 8.56. The van der Waals surface area contributed by atoms with Gasteiger partial charge in [-0.2, -0.15) is 4.98 Å². The van der Waals surface area contributed by atoms with Gasteiger partial charge in [-0.3, -0.25) is 9.47 Å². The minimum Gasteiger partial charge on any atom is -0.449 e. The van der Waals surface area contributed by atoms with Crippen LogP contribution in [-0.4, -0.2) is 57.3 Å². The number of aliphatic hydroxyl groups excluding tert-OH is 2. The highest BCUT2D eigenvalue weighted by molar-refractivity contribution is 5.86. The average Bonchev–Trinajstić information content (AvgIpc) is 2.86. The van der Waals surface area contributed by atoms with Crippen LogP contribution in [0.2, 0.25) is 0 Å². The molecule has 1 saturated heterocycles. The Labute approximate surface area is 150 Å². The van der Waals surface area contributed by atoms with Crippen LogP contribution in [-0.2, 0) is 9.47 Å². The predicted octanol–water partition coefficient (Wildman–Crippen LogP) is 0.784. The van der Waals surface area contributed by atoms with E-state index in [1.807, 2.05) is 6.92 Å². The fourth-order valence-electron chi connectivity index (χ4n) is 2.61. The molecule has 0 bridgehead atoms. The number of carbonyl (C=O) groups is 1. The molecule has 0 aromatic carbocycles. The van der Waals surface area contributed by atoms with Gasteiger partial charge in [0.15, 0.2) is 17.9 Å². The zero-order valence-corrected chi connectivity index (χ0v) is 15.0. The van der Waals surface area contributed by atoms with Crippen LogP contribution in [0.25, 0.3) is 0 Å². The lowest BCUT2D eigenvalue weighted by molar-refractivity contribution is -0.0355. The van der Waals surface area contributed by atoms with Crippen molar-refractivity contribution in [1.29, 1.82) is 0 Å². The van der Waals surface area contributed by atoms with Gasteiger partial charge in [0, 0.05) is 6.54 Å². The Bertz CT molecular complexity index is 697. The fourth-order valence-corrected chi connectivity index (χ4v) is 2.61. The first kappa shape index (κ1) is 20.3. The molecule has 2 heterocycles. The zero-order chi connectivity index (χ0) is 19.4. The van der Waals surface area contributed by atoms with Gasteiger partial charge in [-0.15, -0.1) is 0 Å². The number of aliphatic hydroxyl groups is 2. The van der Waals surface area contributed by atoms with E-state index in [4.69, 9.17) is 9.47 Å². The van der Waals surface area contributed by atoms with Crippen LogP contribution < -0.4 is 10.6 Å².